The van der Waals surface area contributed by atoms with Gasteiger partial charge in [0.05, 0.1) is 6.61 Å². The molecular weight excluding hydrogens is 252 g/mol. The number of fused-ring (bicyclic) bond motifs is 3. The Labute approximate surface area is 121 Å². The zero-order valence-electron chi connectivity index (χ0n) is 12.2. The average molecular weight is 278 g/mol. The van der Waals surface area contributed by atoms with E-state index in [0.717, 1.165) is 29.9 Å². The van der Waals surface area contributed by atoms with E-state index in [-0.39, 0.29) is 0 Å². The molecule has 0 unspecified atom stereocenters. The van der Waals surface area contributed by atoms with Crippen molar-refractivity contribution in [3.63, 3.8) is 0 Å². The molecule has 3 fully saturated rings. The molecule has 4 rings (SSSR count). The maximum atomic E-state index is 9.22. The molecule has 0 amide bonds. The van der Waals surface area contributed by atoms with Gasteiger partial charge in [-0.05, 0) is 12.1 Å². The van der Waals surface area contributed by atoms with Gasteiger partial charge in [-0.15, -0.1) is 0 Å². The quantitative estimate of drug-likeness (QED) is 0.777. The van der Waals surface area contributed by atoms with Gasteiger partial charge < -0.3 is 18.8 Å². The van der Waals surface area contributed by atoms with E-state index in [4.69, 9.17) is 4.74 Å². The summed E-state index contributed by atoms with van der Waals surface area (Å²) in [6, 6.07) is 10.1. The highest BCUT2D eigenvalue weighted by Crippen LogP contribution is 2.26. The normalized spacial score (nSPS) is 32.2. The predicted octanol–water partition coefficient (Wildman–Crippen LogP) is 0.718. The van der Waals surface area contributed by atoms with Gasteiger partial charge in [-0.2, -0.15) is 0 Å². The first-order valence-electron chi connectivity index (χ1n) is 7.75. The first-order valence-corrected chi connectivity index (χ1v) is 7.75. The van der Waals surface area contributed by atoms with Crippen LogP contribution in [0.4, 0.5) is 0 Å². The summed E-state index contributed by atoms with van der Waals surface area (Å²) >= 11 is 0. The Hall–Kier alpha value is -1.10. The number of benzene rings is 1. The van der Waals surface area contributed by atoms with Crippen LogP contribution in [0, 0.1) is 0 Å². The third-order valence-electron chi connectivity index (χ3n) is 5.30. The van der Waals surface area contributed by atoms with Gasteiger partial charge in [0.15, 0.2) is 0 Å². The summed E-state index contributed by atoms with van der Waals surface area (Å²) in [6.07, 6.45) is 0. The zero-order valence-corrected chi connectivity index (χ0v) is 12.2. The number of hydrogen-bond donors (Lipinski definition) is 1. The fourth-order valence-electron chi connectivity index (χ4n) is 3.70. The second kappa shape index (κ2) is 5.72. The third-order valence-corrected chi connectivity index (χ3v) is 5.30. The fourth-order valence-corrected chi connectivity index (χ4v) is 3.70. The average Bonchev–Trinajstić information content (AvgIpc) is 2.51. The molecule has 0 radical (unpaired) electrons. The van der Waals surface area contributed by atoms with Crippen molar-refractivity contribution in [2.75, 3.05) is 65.6 Å². The molecule has 0 atom stereocenters. The monoisotopic (exact) mass is 278 g/mol. The Kier molecular flexibility index (Phi) is 3.96. The SMILES string of the molecule is OCC[N+]12CC[N+](CCOc3ccccc3)(CC1)CC2. The number of para-hydroxylation sites is 1. The molecular formula is C16H26N2O2+2. The van der Waals surface area contributed by atoms with Gasteiger partial charge in [0.25, 0.3) is 0 Å². The minimum Gasteiger partial charge on any atom is -0.488 e. The predicted molar refractivity (Wildman–Crippen MR) is 78.5 cm³/mol. The first kappa shape index (κ1) is 13.9. The second-order valence-electron chi connectivity index (χ2n) is 6.36. The molecule has 3 heterocycles. The van der Waals surface area contributed by atoms with Crippen molar-refractivity contribution in [1.29, 1.82) is 0 Å². The Morgan fingerprint density at radius 3 is 1.95 bits per heavy atom. The maximum absolute atomic E-state index is 9.22. The second-order valence-corrected chi connectivity index (χ2v) is 6.36. The molecule has 4 heteroatoms. The number of hydrogen-bond acceptors (Lipinski definition) is 2. The van der Waals surface area contributed by atoms with Gasteiger partial charge in [0.1, 0.15) is 64.7 Å². The number of nitrogens with zero attached hydrogens (tertiary/aromatic N) is 2. The lowest BCUT2D eigenvalue weighted by Crippen LogP contribution is -2.75. The molecule has 0 aliphatic carbocycles. The Morgan fingerprint density at radius 2 is 1.40 bits per heavy atom. The lowest BCUT2D eigenvalue weighted by atomic mass is 10.1. The lowest BCUT2D eigenvalue weighted by Gasteiger charge is -2.55. The molecule has 1 N–H and O–H groups in total. The molecule has 4 nitrogen and oxygen atoms in total. The highest BCUT2D eigenvalue weighted by molar-refractivity contribution is 5.20. The van der Waals surface area contributed by atoms with Gasteiger partial charge >= 0.3 is 0 Å². The van der Waals surface area contributed by atoms with Crippen LogP contribution < -0.4 is 4.74 Å². The van der Waals surface area contributed by atoms with Crippen molar-refractivity contribution in [2.24, 2.45) is 0 Å². The molecule has 1 aromatic rings. The molecule has 0 aromatic heterocycles. The zero-order chi connectivity index (χ0) is 13.9. The highest BCUT2D eigenvalue weighted by atomic mass is 16.5. The number of quaternary nitrogens is 2. The summed E-state index contributed by atoms with van der Waals surface area (Å²) in [4.78, 5) is 0. The Balaban J connectivity index is 1.50. The number of aliphatic hydroxyl groups excluding tert-OH is 1. The van der Waals surface area contributed by atoms with Gasteiger partial charge in [0, 0.05) is 0 Å². The van der Waals surface area contributed by atoms with E-state index >= 15 is 0 Å². The van der Waals surface area contributed by atoms with E-state index in [0.29, 0.717) is 6.61 Å². The molecule has 0 saturated carbocycles. The van der Waals surface area contributed by atoms with Crippen molar-refractivity contribution >= 4 is 0 Å². The molecule has 3 aliphatic heterocycles. The van der Waals surface area contributed by atoms with Crippen LogP contribution in [0.1, 0.15) is 0 Å². The topological polar surface area (TPSA) is 29.5 Å². The van der Waals surface area contributed by atoms with Gasteiger partial charge in [-0.3, -0.25) is 0 Å². The summed E-state index contributed by atoms with van der Waals surface area (Å²) in [5.41, 5.74) is 0. The number of ether oxygens (including phenoxy) is 1. The smallest absolute Gasteiger partial charge is 0.137 e. The van der Waals surface area contributed by atoms with E-state index in [9.17, 15) is 5.11 Å². The molecule has 110 valence electrons. The molecule has 1 aromatic carbocycles. The van der Waals surface area contributed by atoms with Crippen molar-refractivity contribution in [2.45, 2.75) is 0 Å². The third kappa shape index (κ3) is 2.82. The van der Waals surface area contributed by atoms with E-state index in [1.165, 1.54) is 43.8 Å². The number of piperazine rings is 3. The summed E-state index contributed by atoms with van der Waals surface area (Å²) in [7, 11) is 0. The first-order chi connectivity index (χ1) is 9.76. The van der Waals surface area contributed by atoms with E-state index in [1.54, 1.807) is 0 Å². The van der Waals surface area contributed by atoms with Crippen LogP contribution in [-0.2, 0) is 0 Å². The summed E-state index contributed by atoms with van der Waals surface area (Å²) in [5.74, 6) is 0.977. The van der Waals surface area contributed by atoms with Crippen molar-refractivity contribution in [3.8, 4) is 5.75 Å². The van der Waals surface area contributed by atoms with Crippen LogP contribution in [0.5, 0.6) is 5.75 Å². The number of aliphatic hydroxyl groups is 1. The van der Waals surface area contributed by atoms with Crippen LogP contribution in [0.3, 0.4) is 0 Å². The number of rotatable bonds is 6. The fraction of sp³-hybridized carbons (Fsp3) is 0.625. The van der Waals surface area contributed by atoms with Crippen LogP contribution >= 0.6 is 0 Å². The van der Waals surface area contributed by atoms with Crippen molar-refractivity contribution in [3.05, 3.63) is 30.3 Å². The summed E-state index contributed by atoms with van der Waals surface area (Å²) < 4.78 is 8.23. The molecule has 20 heavy (non-hydrogen) atoms. The Morgan fingerprint density at radius 1 is 0.850 bits per heavy atom. The highest BCUT2D eigenvalue weighted by Gasteiger charge is 2.48. The largest absolute Gasteiger partial charge is 0.488 e. The molecule has 2 bridgehead atoms. The maximum Gasteiger partial charge on any atom is 0.137 e. The molecule has 3 aliphatic rings. The molecule has 3 saturated heterocycles. The minimum atomic E-state index is 0.330. The van der Waals surface area contributed by atoms with Crippen LogP contribution in [0.2, 0.25) is 0 Å². The summed E-state index contributed by atoms with van der Waals surface area (Å²) in [6.45, 7) is 10.6. The van der Waals surface area contributed by atoms with E-state index in [2.05, 4.69) is 0 Å². The summed E-state index contributed by atoms with van der Waals surface area (Å²) in [5, 5.41) is 9.22. The Bertz CT molecular complexity index is 411. The van der Waals surface area contributed by atoms with Crippen LogP contribution in [-0.4, -0.2) is 79.6 Å². The van der Waals surface area contributed by atoms with E-state index in [1.807, 2.05) is 30.3 Å². The lowest BCUT2D eigenvalue weighted by molar-refractivity contribution is -1.08. The van der Waals surface area contributed by atoms with Crippen LogP contribution in [0.25, 0.3) is 0 Å². The standard InChI is InChI=1S/C16H26N2O2/c19-14-12-17-6-9-18(10-7-17,11-8-17)13-15-20-16-4-2-1-3-5-16/h1-5,19H,6-15H2/q+2. The minimum absolute atomic E-state index is 0.330. The van der Waals surface area contributed by atoms with Crippen LogP contribution in [0.15, 0.2) is 30.3 Å². The van der Waals surface area contributed by atoms with Crippen molar-refractivity contribution < 1.29 is 18.8 Å². The van der Waals surface area contributed by atoms with Gasteiger partial charge in [0.2, 0.25) is 0 Å². The van der Waals surface area contributed by atoms with Gasteiger partial charge in [-0.25, -0.2) is 0 Å². The molecule has 0 spiro atoms. The van der Waals surface area contributed by atoms with Gasteiger partial charge in [-0.1, -0.05) is 18.2 Å². The van der Waals surface area contributed by atoms with Crippen molar-refractivity contribution in [1.82, 2.24) is 0 Å². The van der Waals surface area contributed by atoms with E-state index < -0.39 is 0 Å².